The van der Waals surface area contributed by atoms with Crippen LogP contribution in [0, 0.1) is 11.8 Å². The van der Waals surface area contributed by atoms with E-state index in [1.807, 2.05) is 54.6 Å². The molecule has 1 aliphatic rings. The lowest BCUT2D eigenvalue weighted by molar-refractivity contribution is -0.110. The average molecular weight is 392 g/mol. The molecule has 5 heteroatoms. The van der Waals surface area contributed by atoms with E-state index < -0.39 is 0 Å². The van der Waals surface area contributed by atoms with E-state index in [1.54, 1.807) is 0 Å². The molecule has 2 aromatic carbocycles. The van der Waals surface area contributed by atoms with Crippen molar-refractivity contribution in [2.75, 3.05) is 0 Å². The Hall–Kier alpha value is -3.05. The number of hydrogen-bond acceptors (Lipinski definition) is 5. The first-order valence-corrected chi connectivity index (χ1v) is 10.1. The summed E-state index contributed by atoms with van der Waals surface area (Å²) in [6.45, 7) is 3.40. The molecule has 3 rings (SSSR count). The summed E-state index contributed by atoms with van der Waals surface area (Å²) < 4.78 is 0. The molecule has 0 heterocycles. The van der Waals surface area contributed by atoms with Crippen LogP contribution in [0.15, 0.2) is 83.8 Å². The number of rotatable bonds is 8. The van der Waals surface area contributed by atoms with E-state index >= 15 is 0 Å². The average Bonchev–Trinajstić information content (AvgIpc) is 2.75. The molecular weight excluding hydrogens is 362 g/mol. The molecule has 5 nitrogen and oxygen atoms in total. The van der Waals surface area contributed by atoms with Gasteiger partial charge >= 0.3 is 0 Å². The minimum absolute atomic E-state index is 0.192. The van der Waals surface area contributed by atoms with Crippen LogP contribution in [0.1, 0.15) is 30.9 Å². The molecule has 2 aromatic rings. The molecule has 0 saturated heterocycles. The van der Waals surface area contributed by atoms with Crippen molar-refractivity contribution >= 4 is 6.29 Å². The van der Waals surface area contributed by atoms with Gasteiger partial charge < -0.3 is 15.4 Å². The molecule has 4 N–H and O–H groups in total. The molecule has 0 spiro atoms. The van der Waals surface area contributed by atoms with Gasteiger partial charge in [-0.15, -0.1) is 0 Å². The summed E-state index contributed by atoms with van der Waals surface area (Å²) in [5, 5.41) is 16.9. The van der Waals surface area contributed by atoms with Gasteiger partial charge in [0.15, 0.2) is 0 Å². The van der Waals surface area contributed by atoms with Crippen LogP contribution >= 0.6 is 0 Å². The molecule has 1 aliphatic carbocycles. The normalized spacial score (nSPS) is 23.9. The van der Waals surface area contributed by atoms with Crippen molar-refractivity contribution in [2.45, 2.75) is 32.9 Å². The highest BCUT2D eigenvalue weighted by Crippen LogP contribution is 2.26. The number of carbonyl (C=O) groups is 1. The summed E-state index contributed by atoms with van der Waals surface area (Å²) in [5.41, 5.74) is 6.93. The Balaban J connectivity index is 1.86. The van der Waals surface area contributed by atoms with Crippen LogP contribution in [0.2, 0.25) is 0 Å². The van der Waals surface area contributed by atoms with Gasteiger partial charge in [-0.3, -0.25) is 10.7 Å². The van der Waals surface area contributed by atoms with Gasteiger partial charge in [-0.25, -0.2) is 0 Å². The fourth-order valence-electron chi connectivity index (χ4n) is 3.65. The molecule has 29 heavy (non-hydrogen) atoms. The molecule has 0 fully saturated rings. The number of hydrogen-bond donors (Lipinski definition) is 4. The smallest absolute Gasteiger partial charge is 0.126 e. The summed E-state index contributed by atoms with van der Waals surface area (Å²) >= 11 is 0. The molecule has 0 radical (unpaired) electrons. The van der Waals surface area contributed by atoms with E-state index in [-0.39, 0.29) is 5.92 Å². The summed E-state index contributed by atoms with van der Waals surface area (Å²) in [5.74, 6) is 0.112. The van der Waals surface area contributed by atoms with Gasteiger partial charge in [0.05, 0.1) is 5.70 Å². The predicted octanol–water partition coefficient (Wildman–Crippen LogP) is 3.89. The maximum Gasteiger partial charge on any atom is 0.126 e. The second-order valence-corrected chi connectivity index (χ2v) is 7.57. The highest BCUT2D eigenvalue weighted by atomic mass is 16.5. The van der Waals surface area contributed by atoms with E-state index in [2.05, 4.69) is 35.2 Å². The Bertz CT molecular complexity index is 847. The lowest BCUT2D eigenvalue weighted by atomic mass is 9.89. The van der Waals surface area contributed by atoms with Gasteiger partial charge in [-0.2, -0.15) is 0 Å². The highest BCUT2D eigenvalue weighted by Gasteiger charge is 2.22. The van der Waals surface area contributed by atoms with E-state index in [1.165, 1.54) is 5.56 Å². The zero-order valence-corrected chi connectivity index (χ0v) is 16.8. The molecular formula is C24H29N3O2. The van der Waals surface area contributed by atoms with E-state index in [0.29, 0.717) is 24.7 Å². The van der Waals surface area contributed by atoms with Crippen LogP contribution in [0.4, 0.5) is 0 Å². The minimum Gasteiger partial charge on any atom is -0.382 e. The van der Waals surface area contributed by atoms with Crippen molar-refractivity contribution in [3.8, 4) is 0 Å². The molecule has 152 valence electrons. The Morgan fingerprint density at radius 1 is 0.966 bits per heavy atom. The molecule has 2 unspecified atom stereocenters. The molecule has 0 amide bonds. The third-order valence-corrected chi connectivity index (χ3v) is 5.14. The van der Waals surface area contributed by atoms with Crippen molar-refractivity contribution in [2.24, 2.45) is 11.8 Å². The quantitative estimate of drug-likeness (QED) is 0.406. The van der Waals surface area contributed by atoms with Crippen molar-refractivity contribution in [1.82, 2.24) is 16.1 Å². The maximum atomic E-state index is 11.6. The van der Waals surface area contributed by atoms with Gasteiger partial charge in [0.2, 0.25) is 0 Å². The van der Waals surface area contributed by atoms with Gasteiger partial charge in [-0.1, -0.05) is 67.6 Å². The molecule has 0 saturated carbocycles. The third kappa shape index (κ3) is 5.96. The second-order valence-electron chi connectivity index (χ2n) is 7.57. The van der Waals surface area contributed by atoms with Crippen LogP contribution in [0.3, 0.4) is 0 Å². The lowest BCUT2D eigenvalue weighted by Crippen LogP contribution is -2.30. The van der Waals surface area contributed by atoms with Gasteiger partial charge in [0, 0.05) is 24.7 Å². The van der Waals surface area contributed by atoms with E-state index in [0.717, 1.165) is 36.1 Å². The monoisotopic (exact) mass is 391 g/mol. The molecule has 0 aliphatic heterocycles. The lowest BCUT2D eigenvalue weighted by Gasteiger charge is -2.26. The number of hydroxylamine groups is 1. The van der Waals surface area contributed by atoms with Crippen LogP contribution in [0.25, 0.3) is 0 Å². The standard InChI is InChI=1S/C24H29N3O2/c1-18-12-21(17-28)14-23(26-16-20-10-6-3-7-11-20)24(27-29)22(13-18)25-15-19-8-4-2-5-9-19/h2-11,14,17-18,21,25-27,29H,12-13,15-16H2,1H3/b23-14+,24-22-. The predicted molar refractivity (Wildman–Crippen MR) is 115 cm³/mol. The first-order chi connectivity index (χ1) is 14.2. The Morgan fingerprint density at radius 2 is 1.55 bits per heavy atom. The summed E-state index contributed by atoms with van der Waals surface area (Å²) in [7, 11) is 0. The second kappa shape index (κ2) is 10.5. The van der Waals surface area contributed by atoms with Gasteiger partial charge in [0.25, 0.3) is 0 Å². The summed E-state index contributed by atoms with van der Waals surface area (Å²) in [6, 6.07) is 20.2. The summed E-state index contributed by atoms with van der Waals surface area (Å²) in [4.78, 5) is 11.6. The zero-order valence-electron chi connectivity index (χ0n) is 16.8. The first-order valence-electron chi connectivity index (χ1n) is 10.1. The Kier molecular flexibility index (Phi) is 7.47. The zero-order chi connectivity index (χ0) is 20.5. The Morgan fingerprint density at radius 3 is 2.10 bits per heavy atom. The first kappa shape index (κ1) is 20.7. The highest BCUT2D eigenvalue weighted by molar-refractivity contribution is 5.58. The van der Waals surface area contributed by atoms with Crippen molar-refractivity contribution in [3.63, 3.8) is 0 Å². The third-order valence-electron chi connectivity index (χ3n) is 5.14. The van der Waals surface area contributed by atoms with Crippen molar-refractivity contribution < 1.29 is 10.0 Å². The molecule has 0 bridgehead atoms. The molecule has 0 aromatic heterocycles. The van der Waals surface area contributed by atoms with Crippen LogP contribution in [-0.4, -0.2) is 11.5 Å². The van der Waals surface area contributed by atoms with E-state index in [4.69, 9.17) is 0 Å². The summed E-state index contributed by atoms with van der Waals surface area (Å²) in [6.07, 6.45) is 4.41. The largest absolute Gasteiger partial charge is 0.382 e. The van der Waals surface area contributed by atoms with Crippen molar-refractivity contribution in [1.29, 1.82) is 0 Å². The van der Waals surface area contributed by atoms with Gasteiger partial charge in [0.1, 0.15) is 12.0 Å². The number of allylic oxidation sites excluding steroid dienone is 2. The topological polar surface area (TPSA) is 73.4 Å². The van der Waals surface area contributed by atoms with Crippen LogP contribution in [0.5, 0.6) is 0 Å². The number of carbonyl (C=O) groups excluding carboxylic acids is 1. The Labute approximate surface area is 172 Å². The molecule has 2 atom stereocenters. The van der Waals surface area contributed by atoms with Crippen LogP contribution < -0.4 is 16.1 Å². The number of aldehydes is 1. The number of nitrogens with one attached hydrogen (secondary N) is 3. The maximum absolute atomic E-state index is 11.6. The minimum atomic E-state index is -0.192. The van der Waals surface area contributed by atoms with Crippen LogP contribution in [-0.2, 0) is 17.9 Å². The fraction of sp³-hybridized carbons (Fsp3) is 0.292. The van der Waals surface area contributed by atoms with Crippen molar-refractivity contribution in [3.05, 3.63) is 95.0 Å². The van der Waals surface area contributed by atoms with E-state index in [9.17, 15) is 10.0 Å². The fourth-order valence-corrected chi connectivity index (χ4v) is 3.65. The SMILES string of the molecule is CC1C/C(NCc2ccccc2)=C(NO)\C(NCc2ccccc2)=C/C(C=O)C1. The number of benzene rings is 2. The van der Waals surface area contributed by atoms with Gasteiger partial charge in [-0.05, 0) is 36.0 Å².